The largest absolute Gasteiger partial charge is 0.331 e. The van der Waals surface area contributed by atoms with Crippen LogP contribution < -0.4 is 5.32 Å². The van der Waals surface area contributed by atoms with Gasteiger partial charge in [0.2, 0.25) is 0 Å². The molecule has 0 saturated heterocycles. The number of rotatable bonds is 5. The summed E-state index contributed by atoms with van der Waals surface area (Å²) in [6.07, 6.45) is 3.72. The Hall–Kier alpha value is -2.12. The number of hydrogen-bond donors (Lipinski definition) is 1. The molecule has 2 aromatic rings. The van der Waals surface area contributed by atoms with E-state index in [1.54, 1.807) is 6.20 Å². The maximum absolute atomic E-state index is 9.71. The second-order valence-electron chi connectivity index (χ2n) is 5.20. The van der Waals surface area contributed by atoms with Crippen LogP contribution in [0.4, 0.5) is 0 Å². The lowest BCUT2D eigenvalue weighted by molar-refractivity contribution is 0.387. The van der Waals surface area contributed by atoms with E-state index < -0.39 is 5.54 Å². The van der Waals surface area contributed by atoms with Crippen LogP contribution in [0.1, 0.15) is 31.2 Å². The number of nitrogens with zero attached hydrogens (tertiary/aromatic N) is 3. The van der Waals surface area contributed by atoms with E-state index in [2.05, 4.69) is 34.8 Å². The predicted octanol–water partition coefficient (Wildman–Crippen LogP) is 2.64. The molecule has 4 heteroatoms. The molecule has 0 fully saturated rings. The van der Waals surface area contributed by atoms with Crippen molar-refractivity contribution < 1.29 is 0 Å². The lowest BCUT2D eigenvalue weighted by Gasteiger charge is -2.28. The van der Waals surface area contributed by atoms with Crippen molar-refractivity contribution in [3.8, 4) is 6.07 Å². The summed E-state index contributed by atoms with van der Waals surface area (Å²) in [5, 5.41) is 12.9. The molecule has 0 aliphatic heterocycles. The highest BCUT2D eigenvalue weighted by molar-refractivity contribution is 5.31. The summed E-state index contributed by atoms with van der Waals surface area (Å²) in [4.78, 5) is 4.39. The Bertz CT molecular complexity index is 594. The minimum atomic E-state index is -0.744. The summed E-state index contributed by atoms with van der Waals surface area (Å²) in [6.45, 7) is 4.75. The number of imidazole rings is 1. The van der Waals surface area contributed by atoms with Crippen LogP contribution in [0.3, 0.4) is 0 Å². The van der Waals surface area contributed by atoms with Gasteiger partial charge in [-0.05, 0) is 12.6 Å². The predicted molar refractivity (Wildman–Crippen MR) is 79.1 cm³/mol. The van der Waals surface area contributed by atoms with Gasteiger partial charge in [0.15, 0.2) is 0 Å². The van der Waals surface area contributed by atoms with E-state index >= 15 is 0 Å². The number of likely N-dealkylation sites (N-methyl/N-ethyl adjacent to an activating group) is 1. The lowest BCUT2D eigenvalue weighted by Crippen LogP contribution is -2.42. The molecule has 0 saturated carbocycles. The molecule has 20 heavy (non-hydrogen) atoms. The van der Waals surface area contributed by atoms with Crippen molar-refractivity contribution in [3.05, 3.63) is 54.1 Å². The highest BCUT2D eigenvalue weighted by atomic mass is 15.1. The normalized spacial score (nSPS) is 13.9. The van der Waals surface area contributed by atoms with Crippen LogP contribution in [0.15, 0.2) is 42.7 Å². The maximum Gasteiger partial charge on any atom is 0.150 e. The van der Waals surface area contributed by atoms with Crippen molar-refractivity contribution in [2.45, 2.75) is 31.8 Å². The summed E-state index contributed by atoms with van der Waals surface area (Å²) in [7, 11) is 1.82. The van der Waals surface area contributed by atoms with Gasteiger partial charge in [-0.1, -0.05) is 44.2 Å². The molecule has 104 valence electrons. The first kappa shape index (κ1) is 14.3. The topological polar surface area (TPSA) is 53.6 Å². The van der Waals surface area contributed by atoms with Gasteiger partial charge in [0.25, 0.3) is 0 Å². The van der Waals surface area contributed by atoms with Crippen LogP contribution in [-0.4, -0.2) is 16.6 Å². The molecule has 2 rings (SSSR count). The van der Waals surface area contributed by atoms with Crippen molar-refractivity contribution in [2.24, 2.45) is 0 Å². The third kappa shape index (κ3) is 2.59. The molecular weight excluding hydrogens is 248 g/mol. The smallest absolute Gasteiger partial charge is 0.150 e. The molecule has 1 atom stereocenters. The standard InChI is InChI=1S/C16H20N4/c1-13(2)15-19-9-10-20(15)12-16(11-17,18-3)14-7-5-4-6-8-14/h4-10,13,18H,12H2,1-3H3. The zero-order valence-corrected chi connectivity index (χ0v) is 12.2. The fourth-order valence-electron chi connectivity index (χ4n) is 2.40. The molecule has 1 aromatic carbocycles. The fourth-order valence-corrected chi connectivity index (χ4v) is 2.40. The second kappa shape index (κ2) is 5.89. The summed E-state index contributed by atoms with van der Waals surface area (Å²) in [5.41, 5.74) is 0.222. The molecule has 1 aromatic heterocycles. The Balaban J connectivity index is 2.40. The first-order chi connectivity index (χ1) is 9.63. The van der Waals surface area contributed by atoms with Crippen molar-refractivity contribution in [1.82, 2.24) is 14.9 Å². The molecule has 0 aliphatic carbocycles. The van der Waals surface area contributed by atoms with Gasteiger partial charge in [-0.3, -0.25) is 5.32 Å². The van der Waals surface area contributed by atoms with E-state index in [-0.39, 0.29) is 0 Å². The first-order valence-electron chi connectivity index (χ1n) is 6.79. The minimum absolute atomic E-state index is 0.328. The number of benzene rings is 1. The van der Waals surface area contributed by atoms with Crippen LogP contribution in [0.25, 0.3) is 0 Å². The highest BCUT2D eigenvalue weighted by Gasteiger charge is 2.31. The van der Waals surface area contributed by atoms with Crippen LogP contribution in [-0.2, 0) is 12.1 Å². The Morgan fingerprint density at radius 2 is 2.05 bits per heavy atom. The van der Waals surface area contributed by atoms with Gasteiger partial charge >= 0.3 is 0 Å². The molecular formula is C16H20N4. The molecule has 1 heterocycles. The van der Waals surface area contributed by atoms with Gasteiger partial charge in [0.05, 0.1) is 12.6 Å². The molecule has 1 unspecified atom stereocenters. The molecule has 0 amide bonds. The SMILES string of the molecule is CNC(C#N)(Cn1ccnc1C(C)C)c1ccccc1. The highest BCUT2D eigenvalue weighted by Crippen LogP contribution is 2.24. The Morgan fingerprint density at radius 3 is 2.60 bits per heavy atom. The molecule has 1 N–H and O–H groups in total. The van der Waals surface area contributed by atoms with E-state index in [0.717, 1.165) is 11.4 Å². The molecule has 4 nitrogen and oxygen atoms in total. The molecule has 0 radical (unpaired) electrons. The van der Waals surface area contributed by atoms with E-state index in [1.165, 1.54) is 0 Å². The minimum Gasteiger partial charge on any atom is -0.331 e. The summed E-state index contributed by atoms with van der Waals surface area (Å²) >= 11 is 0. The van der Waals surface area contributed by atoms with Gasteiger partial charge in [0.1, 0.15) is 11.4 Å². The third-order valence-electron chi connectivity index (χ3n) is 3.56. The number of aromatic nitrogens is 2. The zero-order chi connectivity index (χ0) is 14.6. The maximum atomic E-state index is 9.71. The first-order valence-corrected chi connectivity index (χ1v) is 6.79. The van der Waals surface area contributed by atoms with Gasteiger partial charge in [-0.2, -0.15) is 5.26 Å². The van der Waals surface area contributed by atoms with Gasteiger partial charge in [-0.25, -0.2) is 4.98 Å². The zero-order valence-electron chi connectivity index (χ0n) is 12.2. The van der Waals surface area contributed by atoms with E-state index in [0.29, 0.717) is 12.5 Å². The van der Waals surface area contributed by atoms with E-state index in [9.17, 15) is 5.26 Å². The fraction of sp³-hybridized carbons (Fsp3) is 0.375. The monoisotopic (exact) mass is 268 g/mol. The average Bonchev–Trinajstić information content (AvgIpc) is 2.94. The van der Waals surface area contributed by atoms with E-state index in [4.69, 9.17) is 0 Å². The second-order valence-corrected chi connectivity index (χ2v) is 5.20. The number of nitrogens with one attached hydrogen (secondary N) is 1. The lowest BCUT2D eigenvalue weighted by atomic mass is 9.91. The Morgan fingerprint density at radius 1 is 1.35 bits per heavy atom. The molecule has 0 aliphatic rings. The van der Waals surface area contributed by atoms with Crippen LogP contribution in [0.5, 0.6) is 0 Å². The third-order valence-corrected chi connectivity index (χ3v) is 3.56. The number of hydrogen-bond acceptors (Lipinski definition) is 3. The Kier molecular flexibility index (Phi) is 4.21. The van der Waals surface area contributed by atoms with Crippen molar-refractivity contribution in [3.63, 3.8) is 0 Å². The van der Waals surface area contributed by atoms with E-state index in [1.807, 2.05) is 43.6 Å². The quantitative estimate of drug-likeness (QED) is 0.907. The van der Waals surface area contributed by atoms with Crippen molar-refractivity contribution in [2.75, 3.05) is 7.05 Å². The molecule has 0 spiro atoms. The van der Waals surface area contributed by atoms with Crippen LogP contribution in [0.2, 0.25) is 0 Å². The summed E-state index contributed by atoms with van der Waals surface area (Å²) in [6, 6.07) is 12.2. The van der Waals surface area contributed by atoms with Crippen LogP contribution in [0, 0.1) is 11.3 Å². The van der Waals surface area contributed by atoms with Gasteiger partial charge < -0.3 is 4.57 Å². The summed E-state index contributed by atoms with van der Waals surface area (Å²) in [5.74, 6) is 1.32. The van der Waals surface area contributed by atoms with Crippen molar-refractivity contribution in [1.29, 1.82) is 5.26 Å². The Labute approximate surface area is 120 Å². The number of nitriles is 1. The van der Waals surface area contributed by atoms with Gasteiger partial charge in [-0.15, -0.1) is 0 Å². The average molecular weight is 268 g/mol. The summed E-state index contributed by atoms with van der Waals surface area (Å²) < 4.78 is 2.05. The van der Waals surface area contributed by atoms with Gasteiger partial charge in [0, 0.05) is 18.3 Å². The van der Waals surface area contributed by atoms with Crippen molar-refractivity contribution >= 4 is 0 Å². The van der Waals surface area contributed by atoms with Crippen LogP contribution >= 0.6 is 0 Å². The molecule has 0 bridgehead atoms.